The zero-order valence-corrected chi connectivity index (χ0v) is 10.7. The van der Waals surface area contributed by atoms with Crippen LogP contribution < -0.4 is 5.32 Å². The molecule has 90 valence electrons. The molecule has 16 heavy (non-hydrogen) atoms. The lowest BCUT2D eigenvalue weighted by molar-refractivity contribution is 0.0484. The molecule has 0 spiro atoms. The van der Waals surface area contributed by atoms with E-state index in [0.717, 1.165) is 19.6 Å². The van der Waals surface area contributed by atoms with E-state index in [2.05, 4.69) is 42.2 Å². The lowest BCUT2D eigenvalue weighted by atomic mass is 9.97. The number of aryl methyl sites for hydroxylation is 1. The SMILES string of the molecule is CC(c1ccnn1C)N1CCNCC1(C)C. The Morgan fingerprint density at radius 3 is 2.81 bits per heavy atom. The second kappa shape index (κ2) is 4.18. The fraction of sp³-hybridized carbons (Fsp3) is 0.750. The van der Waals surface area contributed by atoms with Crippen LogP contribution in [-0.2, 0) is 7.05 Å². The van der Waals surface area contributed by atoms with E-state index in [1.165, 1.54) is 5.69 Å². The third-order valence-corrected chi connectivity index (χ3v) is 3.62. The number of rotatable bonds is 2. The summed E-state index contributed by atoms with van der Waals surface area (Å²) in [6.45, 7) is 10.1. The van der Waals surface area contributed by atoms with E-state index in [0.29, 0.717) is 6.04 Å². The highest BCUT2D eigenvalue weighted by Crippen LogP contribution is 2.28. The van der Waals surface area contributed by atoms with Crippen molar-refractivity contribution in [3.63, 3.8) is 0 Å². The number of nitrogens with zero attached hydrogens (tertiary/aromatic N) is 3. The van der Waals surface area contributed by atoms with Gasteiger partial charge in [0.05, 0.1) is 5.69 Å². The Balaban J connectivity index is 2.20. The summed E-state index contributed by atoms with van der Waals surface area (Å²) in [5, 5.41) is 7.71. The minimum absolute atomic E-state index is 0.210. The molecule has 0 aliphatic carbocycles. The summed E-state index contributed by atoms with van der Waals surface area (Å²) in [5.74, 6) is 0. The first-order chi connectivity index (χ1) is 7.52. The molecule has 0 bridgehead atoms. The largest absolute Gasteiger partial charge is 0.314 e. The van der Waals surface area contributed by atoms with Crippen molar-refractivity contribution in [3.05, 3.63) is 18.0 Å². The predicted octanol–water partition coefficient (Wildman–Crippen LogP) is 1.16. The maximum Gasteiger partial charge on any atom is 0.0549 e. The van der Waals surface area contributed by atoms with Crippen LogP contribution in [0, 0.1) is 0 Å². The Labute approximate surface area is 97.6 Å². The summed E-state index contributed by atoms with van der Waals surface area (Å²) >= 11 is 0. The molecule has 2 heterocycles. The van der Waals surface area contributed by atoms with Crippen LogP contribution in [0.4, 0.5) is 0 Å². The highest BCUT2D eigenvalue weighted by molar-refractivity contribution is 5.08. The van der Waals surface area contributed by atoms with Crippen LogP contribution in [0.5, 0.6) is 0 Å². The molecule has 1 fully saturated rings. The Bertz CT molecular complexity index is 356. The van der Waals surface area contributed by atoms with Crippen LogP contribution in [0.25, 0.3) is 0 Å². The topological polar surface area (TPSA) is 33.1 Å². The highest BCUT2D eigenvalue weighted by atomic mass is 15.3. The van der Waals surface area contributed by atoms with E-state index in [9.17, 15) is 0 Å². The quantitative estimate of drug-likeness (QED) is 0.815. The molecule has 0 amide bonds. The van der Waals surface area contributed by atoms with E-state index >= 15 is 0 Å². The Hall–Kier alpha value is -0.870. The summed E-state index contributed by atoms with van der Waals surface area (Å²) in [7, 11) is 2.01. The molecule has 1 unspecified atom stereocenters. The minimum atomic E-state index is 0.210. The second-order valence-electron chi connectivity index (χ2n) is 5.24. The lowest BCUT2D eigenvalue weighted by Gasteiger charge is -2.46. The maximum absolute atomic E-state index is 4.25. The zero-order valence-electron chi connectivity index (χ0n) is 10.7. The fourth-order valence-corrected chi connectivity index (χ4v) is 2.67. The molecule has 1 aliphatic heterocycles. The monoisotopic (exact) mass is 222 g/mol. The Morgan fingerprint density at radius 1 is 1.50 bits per heavy atom. The summed E-state index contributed by atoms with van der Waals surface area (Å²) < 4.78 is 1.97. The van der Waals surface area contributed by atoms with Crippen LogP contribution in [0.1, 0.15) is 32.5 Å². The number of nitrogens with one attached hydrogen (secondary N) is 1. The number of hydrogen-bond acceptors (Lipinski definition) is 3. The smallest absolute Gasteiger partial charge is 0.0549 e. The van der Waals surface area contributed by atoms with Gasteiger partial charge in [-0.2, -0.15) is 5.10 Å². The van der Waals surface area contributed by atoms with Gasteiger partial charge in [-0.05, 0) is 26.8 Å². The van der Waals surface area contributed by atoms with Gasteiger partial charge in [0.25, 0.3) is 0 Å². The molecular formula is C12H22N4. The number of piperazine rings is 1. The van der Waals surface area contributed by atoms with Gasteiger partial charge >= 0.3 is 0 Å². The molecule has 0 aromatic carbocycles. The van der Waals surface area contributed by atoms with E-state index in [4.69, 9.17) is 0 Å². The normalized spacial score (nSPS) is 23.2. The molecule has 2 rings (SSSR count). The van der Waals surface area contributed by atoms with E-state index in [1.807, 2.05) is 17.9 Å². The molecule has 1 N–H and O–H groups in total. The summed E-state index contributed by atoms with van der Waals surface area (Å²) in [6, 6.07) is 2.53. The first kappa shape index (κ1) is 11.6. The van der Waals surface area contributed by atoms with Crippen LogP contribution in [0.15, 0.2) is 12.3 Å². The Kier molecular flexibility index (Phi) is 3.04. The molecular weight excluding hydrogens is 200 g/mol. The minimum Gasteiger partial charge on any atom is -0.314 e. The van der Waals surface area contributed by atoms with Gasteiger partial charge in [0.2, 0.25) is 0 Å². The molecule has 1 aromatic rings. The summed E-state index contributed by atoms with van der Waals surface area (Å²) in [4.78, 5) is 2.56. The zero-order chi connectivity index (χ0) is 11.8. The van der Waals surface area contributed by atoms with Gasteiger partial charge < -0.3 is 5.32 Å². The van der Waals surface area contributed by atoms with Crippen molar-refractivity contribution in [2.24, 2.45) is 7.05 Å². The summed E-state index contributed by atoms with van der Waals surface area (Å²) in [6.07, 6.45) is 1.88. The van der Waals surface area contributed by atoms with Gasteiger partial charge in [-0.25, -0.2) is 0 Å². The van der Waals surface area contributed by atoms with Crippen molar-refractivity contribution in [2.75, 3.05) is 19.6 Å². The van der Waals surface area contributed by atoms with Gasteiger partial charge in [-0.3, -0.25) is 9.58 Å². The average molecular weight is 222 g/mol. The second-order valence-corrected chi connectivity index (χ2v) is 5.24. The van der Waals surface area contributed by atoms with Crippen molar-refractivity contribution in [1.82, 2.24) is 20.0 Å². The van der Waals surface area contributed by atoms with Gasteiger partial charge in [0.1, 0.15) is 0 Å². The molecule has 0 radical (unpaired) electrons. The number of aromatic nitrogens is 2. The highest BCUT2D eigenvalue weighted by Gasteiger charge is 2.34. The van der Waals surface area contributed by atoms with Crippen molar-refractivity contribution in [2.45, 2.75) is 32.4 Å². The van der Waals surface area contributed by atoms with Gasteiger partial charge in [0, 0.05) is 44.5 Å². The third-order valence-electron chi connectivity index (χ3n) is 3.62. The van der Waals surface area contributed by atoms with Crippen LogP contribution >= 0.6 is 0 Å². The van der Waals surface area contributed by atoms with E-state index < -0.39 is 0 Å². The van der Waals surface area contributed by atoms with Crippen molar-refractivity contribution in [1.29, 1.82) is 0 Å². The van der Waals surface area contributed by atoms with Crippen molar-refractivity contribution < 1.29 is 0 Å². The molecule has 4 heteroatoms. The van der Waals surface area contributed by atoms with Gasteiger partial charge in [0.15, 0.2) is 0 Å². The van der Waals surface area contributed by atoms with E-state index in [1.54, 1.807) is 0 Å². The molecule has 1 saturated heterocycles. The molecule has 1 aliphatic rings. The molecule has 1 atom stereocenters. The first-order valence-electron chi connectivity index (χ1n) is 5.98. The average Bonchev–Trinajstić information content (AvgIpc) is 2.63. The third kappa shape index (κ3) is 1.99. The summed E-state index contributed by atoms with van der Waals surface area (Å²) in [5.41, 5.74) is 1.50. The van der Waals surface area contributed by atoms with Crippen LogP contribution in [0.3, 0.4) is 0 Å². The lowest BCUT2D eigenvalue weighted by Crippen LogP contribution is -2.58. The van der Waals surface area contributed by atoms with Crippen molar-refractivity contribution >= 4 is 0 Å². The number of hydrogen-bond donors (Lipinski definition) is 1. The van der Waals surface area contributed by atoms with Crippen molar-refractivity contribution in [3.8, 4) is 0 Å². The maximum atomic E-state index is 4.25. The predicted molar refractivity (Wildman–Crippen MR) is 65.3 cm³/mol. The van der Waals surface area contributed by atoms with Gasteiger partial charge in [-0.15, -0.1) is 0 Å². The van der Waals surface area contributed by atoms with Gasteiger partial charge in [-0.1, -0.05) is 0 Å². The van der Waals surface area contributed by atoms with Crippen LogP contribution in [0.2, 0.25) is 0 Å². The Morgan fingerprint density at radius 2 is 2.25 bits per heavy atom. The standard InChI is InChI=1S/C12H22N4/c1-10(11-5-6-14-15(11)4)16-8-7-13-9-12(16,2)3/h5-6,10,13H,7-9H2,1-4H3. The molecule has 1 aromatic heterocycles. The van der Waals surface area contributed by atoms with E-state index in [-0.39, 0.29) is 5.54 Å². The van der Waals surface area contributed by atoms with Crippen LogP contribution in [-0.4, -0.2) is 39.9 Å². The molecule has 0 saturated carbocycles. The fourth-order valence-electron chi connectivity index (χ4n) is 2.67. The molecule has 4 nitrogen and oxygen atoms in total. The first-order valence-corrected chi connectivity index (χ1v) is 5.98.